The van der Waals surface area contributed by atoms with Crippen molar-refractivity contribution < 1.29 is 0 Å². The Morgan fingerprint density at radius 3 is 1.07 bits per heavy atom. The topological polar surface area (TPSA) is 30.7 Å². The zero-order chi connectivity index (χ0) is 48.5. The van der Waals surface area contributed by atoms with Gasteiger partial charge in [0.15, 0.2) is 5.82 Å². The summed E-state index contributed by atoms with van der Waals surface area (Å²) in [6, 6.07) is 102. The van der Waals surface area contributed by atoms with Crippen LogP contribution >= 0.6 is 0 Å². The minimum atomic E-state index is 0.672. The fourth-order valence-electron chi connectivity index (χ4n) is 10.4. The van der Waals surface area contributed by atoms with Crippen LogP contribution in [0, 0.1) is 0 Å². The lowest BCUT2D eigenvalue weighted by Gasteiger charge is -2.14. The van der Waals surface area contributed by atoms with E-state index < -0.39 is 0 Å². The lowest BCUT2D eigenvalue weighted by molar-refractivity contribution is 1.18. The van der Waals surface area contributed by atoms with Crippen molar-refractivity contribution in [2.75, 3.05) is 0 Å². The Morgan fingerprint density at radius 2 is 0.562 bits per heavy atom. The molecule has 0 N–H and O–H groups in total. The summed E-state index contributed by atoms with van der Waals surface area (Å²) >= 11 is 0. The maximum absolute atomic E-state index is 5.39. The third-order valence-corrected chi connectivity index (χ3v) is 14.1. The number of para-hydroxylation sites is 2. The summed E-state index contributed by atoms with van der Waals surface area (Å²) in [6.07, 6.45) is 0. The second-order valence-corrected chi connectivity index (χ2v) is 18.6. The second kappa shape index (κ2) is 18.9. The highest BCUT2D eigenvalue weighted by Crippen LogP contribution is 2.38. The fourth-order valence-corrected chi connectivity index (χ4v) is 10.4. The molecule has 0 saturated heterocycles. The highest BCUT2D eigenvalue weighted by Gasteiger charge is 2.17. The van der Waals surface area contributed by atoms with Crippen LogP contribution in [0.5, 0.6) is 0 Å². The van der Waals surface area contributed by atoms with Crippen LogP contribution in [0.3, 0.4) is 0 Å². The SMILES string of the molecule is c1ccc(-c2cccc(-c3cccc(-c4ccc(-c5cc(-c6ccc(-c7cccc(-n8c9ccccc9c9ccccc98)c7)cc6)nc(-c6ccccc6-c6cccc(-c7ccccc7)c6)n5)cc4)c3)c2)cc1. The van der Waals surface area contributed by atoms with Crippen LogP contribution in [0.1, 0.15) is 0 Å². The Labute approximate surface area is 425 Å². The first-order valence-electron chi connectivity index (χ1n) is 24.9. The molecule has 73 heavy (non-hydrogen) atoms. The van der Waals surface area contributed by atoms with Gasteiger partial charge in [0.05, 0.1) is 22.4 Å². The van der Waals surface area contributed by atoms with Crippen molar-refractivity contribution in [3.05, 3.63) is 285 Å². The van der Waals surface area contributed by atoms with Gasteiger partial charge in [-0.15, -0.1) is 0 Å². The first-order valence-corrected chi connectivity index (χ1v) is 24.9. The molecule has 0 saturated carbocycles. The van der Waals surface area contributed by atoms with E-state index in [0.29, 0.717) is 5.82 Å². The van der Waals surface area contributed by atoms with Gasteiger partial charge in [0.1, 0.15) is 0 Å². The molecular formula is C70H47N3. The first kappa shape index (κ1) is 43.3. The number of hydrogen-bond donors (Lipinski definition) is 0. The normalized spacial score (nSPS) is 11.3. The highest BCUT2D eigenvalue weighted by atomic mass is 15.0. The van der Waals surface area contributed by atoms with E-state index in [1.54, 1.807) is 0 Å². The van der Waals surface area contributed by atoms with Crippen molar-refractivity contribution >= 4 is 21.8 Å². The maximum atomic E-state index is 5.39. The molecule has 0 bridgehead atoms. The molecule has 13 rings (SSSR count). The fraction of sp³-hybridized carbons (Fsp3) is 0. The maximum Gasteiger partial charge on any atom is 0.161 e. The van der Waals surface area contributed by atoms with Crippen molar-refractivity contribution in [3.63, 3.8) is 0 Å². The third-order valence-electron chi connectivity index (χ3n) is 14.1. The number of aromatic nitrogens is 3. The molecule has 3 heteroatoms. The van der Waals surface area contributed by atoms with Crippen LogP contribution in [0.15, 0.2) is 285 Å². The molecule has 342 valence electrons. The van der Waals surface area contributed by atoms with Gasteiger partial charge < -0.3 is 4.57 Å². The summed E-state index contributed by atoms with van der Waals surface area (Å²) in [4.78, 5) is 10.8. The first-order chi connectivity index (χ1) is 36.2. The van der Waals surface area contributed by atoms with Crippen LogP contribution in [0.25, 0.3) is 128 Å². The van der Waals surface area contributed by atoms with E-state index in [1.165, 1.54) is 49.6 Å². The zero-order valence-corrected chi connectivity index (χ0v) is 40.0. The lowest BCUT2D eigenvalue weighted by Crippen LogP contribution is -1.98. The van der Waals surface area contributed by atoms with Crippen LogP contribution in [0.2, 0.25) is 0 Å². The largest absolute Gasteiger partial charge is 0.309 e. The Morgan fingerprint density at radius 1 is 0.219 bits per heavy atom. The molecular weight excluding hydrogens is 883 g/mol. The Balaban J connectivity index is 0.874. The van der Waals surface area contributed by atoms with Gasteiger partial charge in [-0.1, -0.05) is 237 Å². The summed E-state index contributed by atoms with van der Waals surface area (Å²) in [7, 11) is 0. The van der Waals surface area contributed by atoms with Crippen molar-refractivity contribution in [2.45, 2.75) is 0 Å². The second-order valence-electron chi connectivity index (χ2n) is 18.6. The molecule has 0 fully saturated rings. The summed E-state index contributed by atoms with van der Waals surface area (Å²) < 4.78 is 2.37. The summed E-state index contributed by atoms with van der Waals surface area (Å²) in [6.45, 7) is 0. The van der Waals surface area contributed by atoms with Gasteiger partial charge in [-0.05, 0) is 115 Å². The molecule has 0 unspecified atom stereocenters. The standard InChI is InChI=1S/C70H47N3/c1-3-17-48(18-4-1)54-21-13-24-57(43-54)58-25-14-22-55(44-58)50-35-39-52(40-36-50)66-47-67(72-70(71-66)65-32-8-7-29-62(65)60-27-15-23-56(45-60)49-19-5-2-6-20-49)53-41-37-51(38-42-53)59-26-16-28-61(46-59)73-68-33-11-9-30-63(68)64-31-10-12-34-69(64)73/h1-47H. The minimum Gasteiger partial charge on any atom is -0.309 e. The number of rotatable bonds is 10. The van der Waals surface area contributed by atoms with E-state index in [1.807, 2.05) is 0 Å². The Kier molecular flexibility index (Phi) is 11.2. The lowest BCUT2D eigenvalue weighted by atomic mass is 9.95. The van der Waals surface area contributed by atoms with Crippen molar-refractivity contribution in [3.8, 4) is 106 Å². The monoisotopic (exact) mass is 929 g/mol. The summed E-state index contributed by atoms with van der Waals surface area (Å²) in [5.41, 5.74) is 22.1. The predicted octanol–water partition coefficient (Wildman–Crippen LogP) is 18.6. The van der Waals surface area contributed by atoms with Gasteiger partial charge in [0, 0.05) is 33.2 Å². The Bertz CT molecular complexity index is 4060. The number of benzene rings is 11. The smallest absolute Gasteiger partial charge is 0.161 e. The molecule has 0 aliphatic heterocycles. The molecule has 2 aromatic heterocycles. The highest BCUT2D eigenvalue weighted by molar-refractivity contribution is 6.09. The van der Waals surface area contributed by atoms with Crippen LogP contribution in [-0.2, 0) is 0 Å². The average Bonchev–Trinajstić information content (AvgIpc) is 3.82. The minimum absolute atomic E-state index is 0.672. The van der Waals surface area contributed by atoms with Gasteiger partial charge in [-0.3, -0.25) is 0 Å². The van der Waals surface area contributed by atoms with Gasteiger partial charge in [-0.25, -0.2) is 9.97 Å². The summed E-state index contributed by atoms with van der Waals surface area (Å²) in [5.74, 6) is 0.672. The van der Waals surface area contributed by atoms with Crippen molar-refractivity contribution in [1.82, 2.24) is 14.5 Å². The van der Waals surface area contributed by atoms with E-state index >= 15 is 0 Å². The van der Waals surface area contributed by atoms with Crippen molar-refractivity contribution in [2.24, 2.45) is 0 Å². The quantitative estimate of drug-likeness (QED) is 0.137. The molecule has 11 aromatic carbocycles. The number of hydrogen-bond acceptors (Lipinski definition) is 2. The molecule has 0 radical (unpaired) electrons. The van der Waals surface area contributed by atoms with Gasteiger partial charge in [-0.2, -0.15) is 0 Å². The van der Waals surface area contributed by atoms with Gasteiger partial charge in [0.2, 0.25) is 0 Å². The van der Waals surface area contributed by atoms with Crippen molar-refractivity contribution in [1.29, 1.82) is 0 Å². The average molecular weight is 930 g/mol. The van der Waals surface area contributed by atoms with Gasteiger partial charge >= 0.3 is 0 Å². The Hall–Kier alpha value is -9.70. The number of fused-ring (bicyclic) bond motifs is 3. The molecule has 0 aliphatic rings. The van der Waals surface area contributed by atoms with E-state index in [9.17, 15) is 0 Å². The molecule has 3 nitrogen and oxygen atoms in total. The van der Waals surface area contributed by atoms with E-state index in [-0.39, 0.29) is 0 Å². The zero-order valence-electron chi connectivity index (χ0n) is 40.0. The predicted molar refractivity (Wildman–Crippen MR) is 305 cm³/mol. The summed E-state index contributed by atoms with van der Waals surface area (Å²) in [5, 5.41) is 2.50. The molecule has 0 atom stereocenters. The molecule has 13 aromatic rings. The van der Waals surface area contributed by atoms with E-state index in [4.69, 9.17) is 9.97 Å². The van der Waals surface area contributed by atoms with Gasteiger partial charge in [0.25, 0.3) is 0 Å². The molecule has 0 aliphatic carbocycles. The van der Waals surface area contributed by atoms with E-state index in [0.717, 1.165) is 72.7 Å². The van der Waals surface area contributed by atoms with E-state index in [2.05, 4.69) is 290 Å². The van der Waals surface area contributed by atoms with Crippen LogP contribution in [-0.4, -0.2) is 14.5 Å². The number of nitrogens with zero attached hydrogens (tertiary/aromatic N) is 3. The van der Waals surface area contributed by atoms with Crippen LogP contribution in [0.4, 0.5) is 0 Å². The third kappa shape index (κ3) is 8.49. The van der Waals surface area contributed by atoms with Crippen LogP contribution < -0.4 is 0 Å². The molecule has 0 amide bonds. The molecule has 0 spiro atoms. The molecule has 2 heterocycles.